The molecule has 1 amide bonds. The number of H-pyrrole nitrogens is 1. The first kappa shape index (κ1) is 25.8. The summed E-state index contributed by atoms with van der Waals surface area (Å²) >= 11 is 0. The van der Waals surface area contributed by atoms with Gasteiger partial charge in [0.1, 0.15) is 18.0 Å². The topological polar surface area (TPSA) is 123 Å². The van der Waals surface area contributed by atoms with Gasteiger partial charge in [-0.15, -0.1) is 0 Å². The van der Waals surface area contributed by atoms with Crippen LogP contribution in [0.1, 0.15) is 24.2 Å². The van der Waals surface area contributed by atoms with E-state index in [0.717, 1.165) is 5.56 Å². The Hall–Kier alpha value is -3.80. The number of aromatic nitrogens is 3. The first-order chi connectivity index (χ1) is 18.3. The van der Waals surface area contributed by atoms with Crippen molar-refractivity contribution in [1.29, 1.82) is 0 Å². The molecule has 200 valence electrons. The van der Waals surface area contributed by atoms with Gasteiger partial charge in [0.05, 0.1) is 37.0 Å². The summed E-state index contributed by atoms with van der Waals surface area (Å²) in [5, 5.41) is 22.3. The average Bonchev–Trinajstić information content (AvgIpc) is 3.55. The van der Waals surface area contributed by atoms with Crippen LogP contribution in [-0.4, -0.2) is 83.0 Å². The van der Waals surface area contributed by atoms with Gasteiger partial charge in [-0.05, 0) is 32.0 Å². The summed E-state index contributed by atoms with van der Waals surface area (Å²) in [5.74, 6) is -0.240. The third kappa shape index (κ3) is 5.13. The van der Waals surface area contributed by atoms with Crippen molar-refractivity contribution in [3.8, 4) is 28.5 Å². The number of rotatable bonds is 8. The Morgan fingerprint density at radius 1 is 1.24 bits per heavy atom. The maximum absolute atomic E-state index is 14.6. The Kier molecular flexibility index (Phi) is 7.15. The predicted molar refractivity (Wildman–Crippen MR) is 136 cm³/mol. The molecule has 0 bridgehead atoms. The molecule has 1 saturated heterocycles. The number of benzene rings is 2. The van der Waals surface area contributed by atoms with Gasteiger partial charge in [-0.3, -0.25) is 9.89 Å². The number of aromatic amines is 1. The van der Waals surface area contributed by atoms with Crippen LogP contribution in [0.25, 0.3) is 33.6 Å². The molecule has 2 aromatic heterocycles. The summed E-state index contributed by atoms with van der Waals surface area (Å²) in [6, 6.07) is 11.1. The highest BCUT2D eigenvalue weighted by atomic mass is 19.1. The summed E-state index contributed by atoms with van der Waals surface area (Å²) in [4.78, 5) is 14.8. The van der Waals surface area contributed by atoms with E-state index in [4.69, 9.17) is 18.7 Å². The van der Waals surface area contributed by atoms with E-state index in [2.05, 4.69) is 15.4 Å². The molecule has 0 aliphatic carbocycles. The molecule has 2 aromatic carbocycles. The Bertz CT molecular complexity index is 1430. The molecule has 11 heteroatoms. The molecule has 4 aromatic rings. The normalized spacial score (nSPS) is 16.2. The number of aliphatic hydroxyl groups is 1. The molecular weight excluding hydrogens is 495 g/mol. The Morgan fingerprint density at radius 3 is 2.76 bits per heavy atom. The number of ether oxygens (including phenoxy) is 3. The van der Waals surface area contributed by atoms with Gasteiger partial charge in [0, 0.05) is 42.3 Å². The first-order valence-electron chi connectivity index (χ1n) is 12.2. The number of halogens is 1. The van der Waals surface area contributed by atoms with Crippen molar-refractivity contribution in [2.24, 2.45) is 0 Å². The van der Waals surface area contributed by atoms with Crippen LogP contribution < -0.4 is 4.74 Å². The van der Waals surface area contributed by atoms with Crippen molar-refractivity contribution in [2.45, 2.75) is 25.5 Å². The molecule has 1 atom stereocenters. The number of hydrogen-bond acceptors (Lipinski definition) is 8. The van der Waals surface area contributed by atoms with Crippen molar-refractivity contribution < 1.29 is 33.0 Å². The van der Waals surface area contributed by atoms with Gasteiger partial charge in [0.15, 0.2) is 17.3 Å². The molecule has 0 radical (unpaired) electrons. The summed E-state index contributed by atoms with van der Waals surface area (Å²) in [5.41, 5.74) is 1.67. The SMILES string of the molecule is COCCOc1cc2[nH]nc(-c3cc(-c4ccc(C(=O)N5CCOCC5C(C)(C)O)cc4)no3)c2cc1F. The maximum atomic E-state index is 14.6. The molecule has 38 heavy (non-hydrogen) atoms. The van der Waals surface area contributed by atoms with E-state index in [-0.39, 0.29) is 24.9 Å². The minimum Gasteiger partial charge on any atom is -0.488 e. The number of morpholine rings is 1. The number of carbonyl (C=O) groups is 1. The van der Waals surface area contributed by atoms with E-state index >= 15 is 0 Å². The van der Waals surface area contributed by atoms with E-state index in [0.29, 0.717) is 53.4 Å². The fourth-order valence-corrected chi connectivity index (χ4v) is 4.46. The zero-order valence-corrected chi connectivity index (χ0v) is 21.4. The van der Waals surface area contributed by atoms with Crippen LogP contribution in [-0.2, 0) is 9.47 Å². The van der Waals surface area contributed by atoms with Gasteiger partial charge < -0.3 is 28.7 Å². The lowest BCUT2D eigenvalue weighted by Crippen LogP contribution is -2.58. The quantitative estimate of drug-likeness (QED) is 0.335. The van der Waals surface area contributed by atoms with E-state index in [1.807, 2.05) is 0 Å². The Morgan fingerprint density at radius 2 is 2.03 bits per heavy atom. The van der Waals surface area contributed by atoms with Crippen molar-refractivity contribution >= 4 is 16.8 Å². The molecule has 1 fully saturated rings. The highest BCUT2D eigenvalue weighted by Crippen LogP contribution is 2.33. The lowest BCUT2D eigenvalue weighted by atomic mass is 9.96. The summed E-state index contributed by atoms with van der Waals surface area (Å²) in [6.07, 6.45) is 0. The summed E-state index contributed by atoms with van der Waals surface area (Å²) in [6.45, 7) is 5.02. The molecule has 1 aliphatic rings. The molecule has 1 aliphatic heterocycles. The number of methoxy groups -OCH3 is 1. The van der Waals surface area contributed by atoms with Crippen molar-refractivity contribution in [1.82, 2.24) is 20.3 Å². The second-order valence-electron chi connectivity index (χ2n) is 9.64. The highest BCUT2D eigenvalue weighted by Gasteiger charge is 2.37. The van der Waals surface area contributed by atoms with Crippen LogP contribution >= 0.6 is 0 Å². The van der Waals surface area contributed by atoms with E-state index in [1.165, 1.54) is 6.07 Å². The molecule has 0 saturated carbocycles. The van der Waals surface area contributed by atoms with Crippen LogP contribution in [0.15, 0.2) is 47.0 Å². The number of amides is 1. The molecule has 5 rings (SSSR count). The molecule has 2 N–H and O–H groups in total. The smallest absolute Gasteiger partial charge is 0.254 e. The third-order valence-corrected chi connectivity index (χ3v) is 6.54. The predicted octanol–water partition coefficient (Wildman–Crippen LogP) is 3.66. The standard InChI is InChI=1S/C27H29FN4O6/c1-27(2,34)24-15-36-9-8-32(24)26(33)17-6-4-16(5-7-17)20-13-23(38-31-20)25-18-12-19(28)22(37-11-10-35-3)14-21(18)29-30-25/h4-7,12-14,24,34H,8-11,15H2,1-3H3,(H,29,30). The number of carbonyl (C=O) groups excluding carboxylic acids is 1. The Labute approximate surface area is 218 Å². The van der Waals surface area contributed by atoms with Gasteiger partial charge in [0.2, 0.25) is 0 Å². The first-order valence-corrected chi connectivity index (χ1v) is 12.2. The zero-order valence-electron chi connectivity index (χ0n) is 21.4. The van der Waals surface area contributed by atoms with Crippen LogP contribution in [0.5, 0.6) is 5.75 Å². The van der Waals surface area contributed by atoms with E-state index in [1.54, 1.807) is 62.3 Å². The Balaban J connectivity index is 1.35. The minimum absolute atomic E-state index is 0.101. The molecule has 3 heterocycles. The highest BCUT2D eigenvalue weighted by molar-refractivity contribution is 5.95. The van der Waals surface area contributed by atoms with Crippen LogP contribution in [0, 0.1) is 5.82 Å². The number of nitrogens with zero attached hydrogens (tertiary/aromatic N) is 3. The van der Waals surface area contributed by atoms with Gasteiger partial charge in [-0.2, -0.15) is 5.10 Å². The largest absolute Gasteiger partial charge is 0.488 e. The fourth-order valence-electron chi connectivity index (χ4n) is 4.46. The van der Waals surface area contributed by atoms with Gasteiger partial charge in [-0.25, -0.2) is 4.39 Å². The molecule has 1 unspecified atom stereocenters. The lowest BCUT2D eigenvalue weighted by Gasteiger charge is -2.42. The number of hydrogen-bond donors (Lipinski definition) is 2. The maximum Gasteiger partial charge on any atom is 0.254 e. The molecule has 0 spiro atoms. The summed E-state index contributed by atoms with van der Waals surface area (Å²) < 4.78 is 36.0. The lowest BCUT2D eigenvalue weighted by molar-refractivity contribution is -0.0817. The van der Waals surface area contributed by atoms with Crippen LogP contribution in [0.2, 0.25) is 0 Å². The number of fused-ring (bicyclic) bond motifs is 1. The molecule has 10 nitrogen and oxygen atoms in total. The number of nitrogens with one attached hydrogen (secondary N) is 1. The monoisotopic (exact) mass is 524 g/mol. The van der Waals surface area contributed by atoms with Crippen LogP contribution in [0.3, 0.4) is 0 Å². The van der Waals surface area contributed by atoms with Crippen LogP contribution in [0.4, 0.5) is 4.39 Å². The minimum atomic E-state index is -1.09. The van der Waals surface area contributed by atoms with Crippen molar-refractivity contribution in [2.75, 3.05) is 40.1 Å². The van der Waals surface area contributed by atoms with Gasteiger partial charge >= 0.3 is 0 Å². The summed E-state index contributed by atoms with van der Waals surface area (Å²) in [7, 11) is 1.54. The van der Waals surface area contributed by atoms with Gasteiger partial charge in [-0.1, -0.05) is 17.3 Å². The van der Waals surface area contributed by atoms with E-state index < -0.39 is 17.5 Å². The van der Waals surface area contributed by atoms with E-state index in [9.17, 15) is 14.3 Å². The second kappa shape index (κ2) is 10.5. The van der Waals surface area contributed by atoms with Crippen molar-refractivity contribution in [3.63, 3.8) is 0 Å². The van der Waals surface area contributed by atoms with Crippen molar-refractivity contribution in [3.05, 3.63) is 53.8 Å². The van der Waals surface area contributed by atoms with Gasteiger partial charge in [0.25, 0.3) is 5.91 Å². The second-order valence-corrected chi connectivity index (χ2v) is 9.64. The average molecular weight is 525 g/mol. The third-order valence-electron chi connectivity index (χ3n) is 6.54. The molecular formula is C27H29FN4O6. The zero-order chi connectivity index (χ0) is 26.9. The fraction of sp³-hybridized carbons (Fsp3) is 0.370.